The smallest absolute Gasteiger partial charge is 0.272 e. The number of ether oxygens (including phenoxy) is 2. The maximum Gasteiger partial charge on any atom is 0.272 e. The Morgan fingerprint density at radius 3 is 2.16 bits per heavy atom. The molecular weight excluding hydrogens is 368 g/mol. The number of carbonyl (C=O) groups is 1. The van der Waals surface area contributed by atoms with Gasteiger partial charge in [0, 0.05) is 5.02 Å². The Labute approximate surface area is 150 Å². The topological polar surface area (TPSA) is 93.7 Å². The Hall–Kier alpha value is -2.29. The van der Waals surface area contributed by atoms with E-state index in [1.54, 1.807) is 24.3 Å². The summed E-state index contributed by atoms with van der Waals surface area (Å²) in [7, 11) is -3.89. The number of hydrazine groups is 1. The first kappa shape index (κ1) is 19.0. The van der Waals surface area contributed by atoms with Crippen LogP contribution in [-0.2, 0) is 14.8 Å². The van der Waals surface area contributed by atoms with Crippen molar-refractivity contribution >= 4 is 27.5 Å². The first-order valence-corrected chi connectivity index (χ1v) is 9.18. The Kier molecular flexibility index (Phi) is 6.63. The van der Waals surface area contributed by atoms with Crippen molar-refractivity contribution in [1.82, 2.24) is 10.3 Å². The van der Waals surface area contributed by atoms with Crippen LogP contribution < -0.4 is 19.7 Å². The van der Waals surface area contributed by atoms with Gasteiger partial charge in [0.1, 0.15) is 11.5 Å². The molecule has 2 rings (SSSR count). The van der Waals surface area contributed by atoms with Gasteiger partial charge < -0.3 is 9.47 Å². The number of amides is 1. The minimum absolute atomic E-state index is 0.00475. The summed E-state index contributed by atoms with van der Waals surface area (Å²) in [6, 6.07) is 12.2. The zero-order valence-corrected chi connectivity index (χ0v) is 14.9. The second-order valence-electron chi connectivity index (χ2n) is 4.80. The quantitative estimate of drug-likeness (QED) is 0.680. The van der Waals surface area contributed by atoms with Crippen molar-refractivity contribution in [2.75, 3.05) is 13.2 Å². The molecule has 7 nitrogen and oxygen atoms in total. The number of carbonyl (C=O) groups excluding carboxylic acids is 1. The molecule has 134 valence electrons. The normalized spacial score (nSPS) is 11.0. The molecule has 0 unspecified atom stereocenters. The first-order chi connectivity index (χ1) is 11.9. The first-order valence-electron chi connectivity index (χ1n) is 7.32. The number of nitrogens with one attached hydrogen (secondary N) is 2. The molecular formula is C16H17ClN2O5S. The molecule has 0 aliphatic carbocycles. The summed E-state index contributed by atoms with van der Waals surface area (Å²) < 4.78 is 34.6. The molecule has 0 spiro atoms. The summed E-state index contributed by atoms with van der Waals surface area (Å²) in [6.07, 6.45) is 0. The van der Waals surface area contributed by atoms with Crippen LogP contribution in [0.15, 0.2) is 53.4 Å². The Bertz CT molecular complexity index is 807. The third-order valence-corrected chi connectivity index (χ3v) is 4.47. The number of hydrogen-bond acceptors (Lipinski definition) is 5. The van der Waals surface area contributed by atoms with Crippen LogP contribution in [0.5, 0.6) is 11.5 Å². The number of benzene rings is 2. The average molecular weight is 385 g/mol. The van der Waals surface area contributed by atoms with Crippen molar-refractivity contribution in [3.63, 3.8) is 0 Å². The molecule has 2 N–H and O–H groups in total. The van der Waals surface area contributed by atoms with Crippen molar-refractivity contribution in [2.24, 2.45) is 0 Å². The van der Waals surface area contributed by atoms with Crippen LogP contribution in [0.25, 0.3) is 0 Å². The van der Waals surface area contributed by atoms with Gasteiger partial charge in [-0.1, -0.05) is 11.6 Å². The van der Waals surface area contributed by atoms with Gasteiger partial charge in [-0.3, -0.25) is 10.2 Å². The van der Waals surface area contributed by atoms with E-state index in [0.29, 0.717) is 23.1 Å². The van der Waals surface area contributed by atoms with Crippen molar-refractivity contribution in [3.8, 4) is 11.5 Å². The maximum absolute atomic E-state index is 12.1. The molecule has 0 bridgehead atoms. The van der Waals surface area contributed by atoms with Gasteiger partial charge >= 0.3 is 0 Å². The van der Waals surface area contributed by atoms with Gasteiger partial charge in [0.2, 0.25) is 0 Å². The highest BCUT2D eigenvalue weighted by molar-refractivity contribution is 7.89. The number of rotatable bonds is 8. The van der Waals surface area contributed by atoms with Gasteiger partial charge in [-0.15, -0.1) is 4.83 Å². The molecule has 0 aliphatic rings. The highest BCUT2D eigenvalue weighted by Crippen LogP contribution is 2.16. The fourth-order valence-electron chi connectivity index (χ4n) is 1.78. The maximum atomic E-state index is 12.1. The van der Waals surface area contributed by atoms with Gasteiger partial charge in [0.25, 0.3) is 15.9 Å². The summed E-state index contributed by atoms with van der Waals surface area (Å²) in [6.45, 7) is 1.95. The molecule has 9 heteroatoms. The molecule has 2 aromatic rings. The minimum Gasteiger partial charge on any atom is -0.494 e. The summed E-state index contributed by atoms with van der Waals surface area (Å²) >= 11 is 5.74. The second kappa shape index (κ2) is 8.70. The van der Waals surface area contributed by atoms with E-state index in [0.717, 1.165) is 0 Å². The predicted octanol–water partition coefficient (Wildman–Crippen LogP) is 2.13. The zero-order valence-electron chi connectivity index (χ0n) is 13.4. The number of hydrogen-bond donors (Lipinski definition) is 2. The third kappa shape index (κ3) is 5.93. The summed E-state index contributed by atoms with van der Waals surface area (Å²) in [5.41, 5.74) is 2.08. The van der Waals surface area contributed by atoms with Crippen molar-refractivity contribution in [1.29, 1.82) is 0 Å². The number of sulfonamides is 1. The fraction of sp³-hybridized carbons (Fsp3) is 0.188. The van der Waals surface area contributed by atoms with Crippen molar-refractivity contribution in [3.05, 3.63) is 53.6 Å². The lowest BCUT2D eigenvalue weighted by Crippen LogP contribution is -2.43. The van der Waals surface area contributed by atoms with Gasteiger partial charge in [0.05, 0.1) is 11.5 Å². The molecule has 2 aromatic carbocycles. The molecule has 0 radical (unpaired) electrons. The average Bonchev–Trinajstić information content (AvgIpc) is 2.60. The van der Waals surface area contributed by atoms with E-state index in [9.17, 15) is 13.2 Å². The van der Waals surface area contributed by atoms with Crippen LogP contribution in [0.3, 0.4) is 0 Å². The van der Waals surface area contributed by atoms with E-state index in [-0.39, 0.29) is 11.5 Å². The van der Waals surface area contributed by atoms with Gasteiger partial charge in [-0.05, 0) is 55.5 Å². The monoisotopic (exact) mass is 384 g/mol. The molecule has 0 fully saturated rings. The van der Waals surface area contributed by atoms with E-state index in [1.807, 2.05) is 11.8 Å². The summed E-state index contributed by atoms with van der Waals surface area (Å²) in [5.74, 6) is 0.347. The largest absolute Gasteiger partial charge is 0.494 e. The Balaban J connectivity index is 1.85. The molecule has 25 heavy (non-hydrogen) atoms. The standard InChI is InChI=1S/C16H17ClN2O5S/c1-2-23-13-7-9-15(10-8-13)25(21,22)19-18-16(20)11-24-14-5-3-12(17)4-6-14/h3-10,19H,2,11H2,1H3,(H,18,20). The molecule has 0 saturated carbocycles. The van der Waals surface area contributed by atoms with E-state index in [2.05, 4.69) is 5.43 Å². The van der Waals surface area contributed by atoms with Crippen LogP contribution in [0.4, 0.5) is 0 Å². The van der Waals surface area contributed by atoms with Crippen molar-refractivity contribution in [2.45, 2.75) is 11.8 Å². The van der Waals surface area contributed by atoms with Gasteiger partial charge in [-0.25, -0.2) is 8.42 Å². The molecule has 0 heterocycles. The highest BCUT2D eigenvalue weighted by atomic mass is 35.5. The zero-order chi connectivity index (χ0) is 18.3. The van der Waals surface area contributed by atoms with Gasteiger partial charge in [-0.2, -0.15) is 0 Å². The van der Waals surface area contributed by atoms with Gasteiger partial charge in [0.15, 0.2) is 6.61 Å². The molecule has 0 saturated heterocycles. The minimum atomic E-state index is -3.89. The third-order valence-electron chi connectivity index (χ3n) is 2.95. The summed E-state index contributed by atoms with van der Waals surface area (Å²) in [5, 5.41) is 0.542. The summed E-state index contributed by atoms with van der Waals surface area (Å²) in [4.78, 5) is 13.7. The van der Waals surface area contributed by atoms with Crippen LogP contribution >= 0.6 is 11.6 Å². The lowest BCUT2D eigenvalue weighted by atomic mass is 10.3. The van der Waals surface area contributed by atoms with Crippen LogP contribution in [0.1, 0.15) is 6.92 Å². The van der Waals surface area contributed by atoms with E-state index >= 15 is 0 Å². The number of halogens is 1. The second-order valence-corrected chi connectivity index (χ2v) is 6.92. The Morgan fingerprint density at radius 1 is 1.00 bits per heavy atom. The lowest BCUT2D eigenvalue weighted by molar-refractivity contribution is -0.123. The molecule has 0 aliphatic heterocycles. The molecule has 1 amide bonds. The fourth-order valence-corrected chi connectivity index (χ4v) is 2.77. The van der Waals surface area contributed by atoms with Crippen LogP contribution in [-0.4, -0.2) is 27.5 Å². The predicted molar refractivity (Wildman–Crippen MR) is 93.0 cm³/mol. The van der Waals surface area contributed by atoms with E-state index < -0.39 is 15.9 Å². The van der Waals surface area contributed by atoms with E-state index in [1.165, 1.54) is 24.3 Å². The highest BCUT2D eigenvalue weighted by Gasteiger charge is 2.15. The lowest BCUT2D eigenvalue weighted by Gasteiger charge is -2.10. The SMILES string of the molecule is CCOc1ccc(S(=O)(=O)NNC(=O)COc2ccc(Cl)cc2)cc1. The van der Waals surface area contributed by atoms with Crippen LogP contribution in [0.2, 0.25) is 5.02 Å². The molecule has 0 aromatic heterocycles. The van der Waals surface area contributed by atoms with Crippen molar-refractivity contribution < 1.29 is 22.7 Å². The van der Waals surface area contributed by atoms with E-state index in [4.69, 9.17) is 21.1 Å². The molecule has 0 atom stereocenters. The van der Waals surface area contributed by atoms with Crippen LogP contribution in [0, 0.1) is 0 Å². The Morgan fingerprint density at radius 2 is 1.56 bits per heavy atom.